The quantitative estimate of drug-likeness (QED) is 0.557. The zero-order valence-electron chi connectivity index (χ0n) is 18.1. The molecular weight excluding hydrogens is 387 g/mol. The summed E-state index contributed by atoms with van der Waals surface area (Å²) >= 11 is 0. The predicted octanol–water partition coefficient (Wildman–Crippen LogP) is 6.04. The molecule has 7 heteroatoms. The van der Waals surface area contributed by atoms with Gasteiger partial charge in [0.05, 0.1) is 5.69 Å². The van der Waals surface area contributed by atoms with Crippen molar-refractivity contribution in [1.82, 2.24) is 4.98 Å². The highest BCUT2D eigenvalue weighted by Gasteiger charge is 2.44. The molecule has 0 aliphatic carbocycles. The second-order valence-electron chi connectivity index (χ2n) is 8.84. The SMILES string of the molecule is CC(CF)(O[Si](C)(C)C(C)(C)C)c1cc(NC(=O)OCc2ccccc2)ccn1. The number of nitrogens with one attached hydrogen (secondary N) is 1. The lowest BCUT2D eigenvalue weighted by atomic mass is 10.0. The van der Waals surface area contributed by atoms with E-state index in [-0.39, 0.29) is 11.6 Å². The second kappa shape index (κ2) is 9.05. The highest BCUT2D eigenvalue weighted by Crippen LogP contribution is 2.41. The second-order valence-corrected chi connectivity index (χ2v) is 13.6. The van der Waals surface area contributed by atoms with Gasteiger partial charge in [0, 0.05) is 11.9 Å². The Kier molecular flexibility index (Phi) is 7.18. The lowest BCUT2D eigenvalue weighted by Crippen LogP contribution is -2.48. The Hall–Kier alpha value is -2.25. The van der Waals surface area contributed by atoms with Gasteiger partial charge in [0.2, 0.25) is 0 Å². The highest BCUT2D eigenvalue weighted by atomic mass is 28.4. The van der Waals surface area contributed by atoms with E-state index in [1.807, 2.05) is 30.3 Å². The van der Waals surface area contributed by atoms with Crippen LogP contribution in [0.3, 0.4) is 0 Å². The number of anilines is 1. The summed E-state index contributed by atoms with van der Waals surface area (Å²) in [5.41, 5.74) is 0.623. The van der Waals surface area contributed by atoms with Gasteiger partial charge < -0.3 is 9.16 Å². The summed E-state index contributed by atoms with van der Waals surface area (Å²) in [4.78, 5) is 16.4. The van der Waals surface area contributed by atoms with Crippen molar-refractivity contribution in [1.29, 1.82) is 0 Å². The number of hydrogen-bond donors (Lipinski definition) is 1. The summed E-state index contributed by atoms with van der Waals surface area (Å²) in [7, 11) is -2.24. The minimum atomic E-state index is -2.24. The van der Waals surface area contributed by atoms with Crippen molar-refractivity contribution < 1.29 is 18.3 Å². The van der Waals surface area contributed by atoms with Crippen molar-refractivity contribution >= 4 is 20.1 Å². The van der Waals surface area contributed by atoms with E-state index in [9.17, 15) is 9.18 Å². The van der Waals surface area contributed by atoms with Crippen LogP contribution in [0.2, 0.25) is 18.1 Å². The Morgan fingerprint density at radius 1 is 1.14 bits per heavy atom. The fourth-order valence-corrected chi connectivity index (χ4v) is 4.13. The first-order valence-corrected chi connectivity index (χ1v) is 12.6. The Morgan fingerprint density at radius 2 is 1.79 bits per heavy atom. The molecule has 0 saturated heterocycles. The van der Waals surface area contributed by atoms with E-state index >= 15 is 0 Å². The number of halogens is 1. The molecule has 0 aliphatic rings. The molecule has 1 amide bonds. The smallest absolute Gasteiger partial charge is 0.411 e. The van der Waals surface area contributed by atoms with Gasteiger partial charge >= 0.3 is 6.09 Å². The largest absolute Gasteiger partial charge is 0.444 e. The number of amides is 1. The average molecular weight is 419 g/mol. The van der Waals surface area contributed by atoms with Crippen molar-refractivity contribution in [3.05, 3.63) is 59.9 Å². The molecule has 29 heavy (non-hydrogen) atoms. The van der Waals surface area contributed by atoms with Gasteiger partial charge in [-0.2, -0.15) is 0 Å². The molecular formula is C22H31FN2O3Si. The van der Waals surface area contributed by atoms with Crippen molar-refractivity contribution in [3.8, 4) is 0 Å². The highest BCUT2D eigenvalue weighted by molar-refractivity contribution is 6.74. The standard InChI is InChI=1S/C22H31FN2O3Si/c1-21(2,3)29(5,6)28-22(4,16-23)19-14-18(12-13-24-19)25-20(26)27-15-17-10-8-7-9-11-17/h7-14H,15-16H2,1-6H3,(H,24,25,26). The molecule has 1 atom stereocenters. The molecule has 0 spiro atoms. The lowest BCUT2D eigenvalue weighted by Gasteiger charge is -2.42. The minimum absolute atomic E-state index is 0.0689. The first-order chi connectivity index (χ1) is 13.5. The number of aromatic nitrogens is 1. The van der Waals surface area contributed by atoms with Crippen LogP contribution in [0.5, 0.6) is 0 Å². The molecule has 158 valence electrons. The number of benzene rings is 1. The van der Waals surface area contributed by atoms with E-state index in [1.165, 1.54) is 6.20 Å². The summed E-state index contributed by atoms with van der Waals surface area (Å²) in [6, 6.07) is 12.7. The molecule has 0 fully saturated rings. The van der Waals surface area contributed by atoms with Crippen LogP contribution in [0.4, 0.5) is 14.9 Å². The molecule has 0 saturated carbocycles. The van der Waals surface area contributed by atoms with E-state index in [0.29, 0.717) is 11.4 Å². The number of alkyl halides is 1. The van der Waals surface area contributed by atoms with Gasteiger partial charge in [0.25, 0.3) is 0 Å². The summed E-state index contributed by atoms with van der Waals surface area (Å²) in [6.45, 7) is 11.6. The maximum atomic E-state index is 14.1. The van der Waals surface area contributed by atoms with Crippen LogP contribution in [-0.2, 0) is 21.4 Å². The zero-order chi connectivity index (χ0) is 21.7. The lowest BCUT2D eigenvalue weighted by molar-refractivity contribution is 0.0381. The third kappa shape index (κ3) is 6.11. The first kappa shape index (κ1) is 23.0. The van der Waals surface area contributed by atoms with Gasteiger partial charge in [-0.05, 0) is 42.8 Å². The fourth-order valence-electron chi connectivity index (χ4n) is 2.54. The molecule has 0 aliphatic heterocycles. The molecule has 0 bridgehead atoms. The number of pyridine rings is 1. The number of rotatable bonds is 7. The molecule has 2 rings (SSSR count). The van der Waals surface area contributed by atoms with Gasteiger partial charge in [0.1, 0.15) is 18.9 Å². The van der Waals surface area contributed by atoms with Crippen molar-refractivity contribution in [2.75, 3.05) is 12.0 Å². The predicted molar refractivity (Wildman–Crippen MR) is 116 cm³/mol. The summed E-state index contributed by atoms with van der Waals surface area (Å²) < 4.78 is 25.7. The Morgan fingerprint density at radius 3 is 2.38 bits per heavy atom. The molecule has 5 nitrogen and oxygen atoms in total. The van der Waals surface area contributed by atoms with Crippen molar-refractivity contribution in [2.24, 2.45) is 0 Å². The minimum Gasteiger partial charge on any atom is -0.444 e. The van der Waals surface area contributed by atoms with Crippen LogP contribution >= 0.6 is 0 Å². The number of hydrogen-bond acceptors (Lipinski definition) is 4. The number of ether oxygens (including phenoxy) is 1. The average Bonchev–Trinajstić information content (AvgIpc) is 2.66. The molecule has 1 N–H and O–H groups in total. The summed E-state index contributed by atoms with van der Waals surface area (Å²) in [6.07, 6.45) is 0.948. The van der Waals surface area contributed by atoms with Gasteiger partial charge in [-0.15, -0.1) is 0 Å². The Bertz CT molecular complexity index is 824. The summed E-state index contributed by atoms with van der Waals surface area (Å²) in [5, 5.41) is 2.61. The van der Waals surface area contributed by atoms with Gasteiger partial charge in [-0.25, -0.2) is 9.18 Å². The van der Waals surface area contributed by atoms with Crippen LogP contribution in [0.15, 0.2) is 48.7 Å². The third-order valence-corrected chi connectivity index (χ3v) is 9.88. The van der Waals surface area contributed by atoms with E-state index in [2.05, 4.69) is 44.2 Å². The van der Waals surface area contributed by atoms with Crippen LogP contribution in [0.1, 0.15) is 39.0 Å². The van der Waals surface area contributed by atoms with Crippen LogP contribution < -0.4 is 5.32 Å². The molecule has 1 aromatic carbocycles. The van der Waals surface area contributed by atoms with Gasteiger partial charge in [0.15, 0.2) is 8.32 Å². The third-order valence-electron chi connectivity index (χ3n) is 5.30. The maximum Gasteiger partial charge on any atom is 0.411 e. The number of nitrogens with zero attached hydrogens (tertiary/aromatic N) is 1. The molecule has 2 aromatic rings. The first-order valence-electron chi connectivity index (χ1n) is 9.67. The summed E-state index contributed by atoms with van der Waals surface area (Å²) in [5.74, 6) is 0. The molecule has 0 radical (unpaired) electrons. The van der Waals surface area contributed by atoms with E-state index in [4.69, 9.17) is 9.16 Å². The molecule has 1 unspecified atom stereocenters. The van der Waals surface area contributed by atoms with Crippen LogP contribution in [0.25, 0.3) is 0 Å². The number of carbonyl (C=O) groups is 1. The van der Waals surface area contributed by atoms with Crippen molar-refractivity contribution in [2.45, 2.75) is 58.0 Å². The van der Waals surface area contributed by atoms with E-state index < -0.39 is 26.7 Å². The van der Waals surface area contributed by atoms with E-state index in [1.54, 1.807) is 19.1 Å². The van der Waals surface area contributed by atoms with Crippen molar-refractivity contribution in [3.63, 3.8) is 0 Å². The van der Waals surface area contributed by atoms with Gasteiger partial charge in [-0.3, -0.25) is 10.3 Å². The maximum absolute atomic E-state index is 14.1. The number of carbonyl (C=O) groups excluding carboxylic acids is 1. The zero-order valence-corrected chi connectivity index (χ0v) is 19.1. The monoisotopic (exact) mass is 418 g/mol. The van der Waals surface area contributed by atoms with Crippen LogP contribution in [-0.4, -0.2) is 26.1 Å². The Labute approximate surface area is 173 Å². The van der Waals surface area contributed by atoms with Crippen LogP contribution in [0, 0.1) is 0 Å². The topological polar surface area (TPSA) is 60.5 Å². The Balaban J connectivity index is 2.11. The molecule has 1 heterocycles. The van der Waals surface area contributed by atoms with E-state index in [0.717, 1.165) is 5.56 Å². The normalized spacial score (nSPS) is 14.2. The molecule has 1 aromatic heterocycles. The fraction of sp³-hybridized carbons (Fsp3) is 0.455. The van der Waals surface area contributed by atoms with Gasteiger partial charge in [-0.1, -0.05) is 51.1 Å².